The van der Waals surface area contributed by atoms with Crippen molar-refractivity contribution in [1.82, 2.24) is 0 Å². The number of nitrogens with one attached hydrogen (secondary N) is 1. The zero-order valence-electron chi connectivity index (χ0n) is 15.8. The first-order valence-electron chi connectivity index (χ1n) is 8.93. The van der Waals surface area contributed by atoms with Crippen molar-refractivity contribution < 1.29 is 28.5 Å². The number of benzene rings is 2. The van der Waals surface area contributed by atoms with Gasteiger partial charge in [-0.15, -0.1) is 0 Å². The molecule has 0 fully saturated rings. The Hall–Kier alpha value is -3.19. The minimum atomic E-state index is -0.648. The first kappa shape index (κ1) is 20.5. The molecule has 0 unspecified atom stereocenters. The van der Waals surface area contributed by atoms with Gasteiger partial charge in [-0.1, -0.05) is 17.7 Å². The van der Waals surface area contributed by atoms with E-state index in [2.05, 4.69) is 5.32 Å². The van der Waals surface area contributed by atoms with E-state index >= 15 is 0 Å². The predicted molar refractivity (Wildman–Crippen MR) is 109 cm³/mol. The van der Waals surface area contributed by atoms with Gasteiger partial charge >= 0.3 is 5.97 Å². The maximum Gasteiger partial charge on any atom is 0.331 e. The van der Waals surface area contributed by atoms with Crippen molar-refractivity contribution in [2.45, 2.75) is 6.42 Å². The number of halogens is 1. The molecule has 0 atom stereocenters. The van der Waals surface area contributed by atoms with Gasteiger partial charge in [0.15, 0.2) is 18.1 Å². The lowest BCUT2D eigenvalue weighted by Crippen LogP contribution is -2.20. The van der Waals surface area contributed by atoms with Gasteiger partial charge in [-0.05, 0) is 42.0 Å². The number of hydrogen-bond donors (Lipinski definition) is 1. The fraction of sp³-hybridized carbons (Fsp3) is 0.238. The molecule has 8 heteroatoms. The second-order valence-electron chi connectivity index (χ2n) is 6.09. The number of ether oxygens (including phenoxy) is 4. The largest absolute Gasteiger partial charge is 0.495 e. The number of amides is 1. The first-order valence-corrected chi connectivity index (χ1v) is 9.31. The fourth-order valence-corrected chi connectivity index (χ4v) is 2.77. The molecule has 0 aromatic heterocycles. The van der Waals surface area contributed by atoms with Crippen molar-refractivity contribution in [2.24, 2.45) is 0 Å². The Balaban J connectivity index is 1.52. The van der Waals surface area contributed by atoms with Crippen LogP contribution in [0.25, 0.3) is 6.08 Å². The number of anilines is 1. The molecule has 2 aromatic carbocycles. The molecule has 29 heavy (non-hydrogen) atoms. The van der Waals surface area contributed by atoms with Gasteiger partial charge in [0.25, 0.3) is 5.91 Å². The average molecular weight is 418 g/mol. The van der Waals surface area contributed by atoms with Crippen molar-refractivity contribution in [3.63, 3.8) is 0 Å². The summed E-state index contributed by atoms with van der Waals surface area (Å²) in [6, 6.07) is 10.2. The highest BCUT2D eigenvalue weighted by Gasteiger charge is 2.11. The number of methoxy groups -OCH3 is 1. The molecule has 1 amide bonds. The summed E-state index contributed by atoms with van der Waals surface area (Å²) in [6.07, 6.45) is 3.64. The summed E-state index contributed by atoms with van der Waals surface area (Å²) < 4.78 is 21.3. The van der Waals surface area contributed by atoms with E-state index in [0.717, 1.165) is 12.0 Å². The van der Waals surface area contributed by atoms with Gasteiger partial charge in [0.05, 0.1) is 26.0 Å². The second kappa shape index (κ2) is 9.84. The highest BCUT2D eigenvalue weighted by atomic mass is 35.5. The normalized spacial score (nSPS) is 12.9. The number of hydrogen-bond acceptors (Lipinski definition) is 6. The van der Waals surface area contributed by atoms with Crippen LogP contribution in [-0.4, -0.2) is 38.8 Å². The van der Waals surface area contributed by atoms with Crippen LogP contribution >= 0.6 is 11.6 Å². The van der Waals surface area contributed by atoms with Gasteiger partial charge < -0.3 is 24.3 Å². The minimum Gasteiger partial charge on any atom is -0.495 e. The highest BCUT2D eigenvalue weighted by molar-refractivity contribution is 6.31. The molecule has 7 nitrogen and oxygen atoms in total. The van der Waals surface area contributed by atoms with Crippen LogP contribution in [0, 0.1) is 0 Å². The van der Waals surface area contributed by atoms with E-state index < -0.39 is 18.5 Å². The predicted octanol–water partition coefficient (Wildman–Crippen LogP) is 3.71. The van der Waals surface area contributed by atoms with Crippen LogP contribution in [-0.2, 0) is 14.3 Å². The Morgan fingerprint density at radius 3 is 2.72 bits per heavy atom. The molecule has 1 heterocycles. The van der Waals surface area contributed by atoms with Crippen molar-refractivity contribution in [2.75, 3.05) is 32.2 Å². The molecule has 0 spiro atoms. The van der Waals surface area contributed by atoms with E-state index in [1.807, 2.05) is 0 Å². The lowest BCUT2D eigenvalue weighted by molar-refractivity contribution is -0.142. The van der Waals surface area contributed by atoms with E-state index in [-0.39, 0.29) is 0 Å². The fourth-order valence-electron chi connectivity index (χ4n) is 2.60. The lowest BCUT2D eigenvalue weighted by atomic mass is 10.2. The van der Waals surface area contributed by atoms with Crippen LogP contribution in [0.3, 0.4) is 0 Å². The Bertz CT molecular complexity index is 927. The second-order valence-corrected chi connectivity index (χ2v) is 6.53. The summed E-state index contributed by atoms with van der Waals surface area (Å²) in [4.78, 5) is 23.9. The first-order chi connectivity index (χ1) is 14.0. The van der Waals surface area contributed by atoms with Gasteiger partial charge in [-0.2, -0.15) is 0 Å². The highest BCUT2D eigenvalue weighted by Crippen LogP contribution is 2.31. The van der Waals surface area contributed by atoms with Crippen LogP contribution in [0.2, 0.25) is 5.02 Å². The van der Waals surface area contributed by atoms with Crippen LogP contribution in [0.1, 0.15) is 12.0 Å². The van der Waals surface area contributed by atoms with Crippen molar-refractivity contribution >= 4 is 35.2 Å². The van der Waals surface area contributed by atoms with Crippen LogP contribution in [0.4, 0.5) is 5.69 Å². The Morgan fingerprint density at radius 1 is 1.14 bits per heavy atom. The molecule has 0 saturated carbocycles. The molecule has 0 bridgehead atoms. The molecule has 152 valence electrons. The molecule has 1 aliphatic rings. The molecule has 1 N–H and O–H groups in total. The third-order valence-corrected chi connectivity index (χ3v) is 4.20. The quantitative estimate of drug-likeness (QED) is 0.570. The van der Waals surface area contributed by atoms with E-state index in [0.29, 0.717) is 41.2 Å². The summed E-state index contributed by atoms with van der Waals surface area (Å²) in [5.74, 6) is 0.597. The summed E-state index contributed by atoms with van der Waals surface area (Å²) in [5.41, 5.74) is 1.14. The third-order valence-electron chi connectivity index (χ3n) is 3.96. The molecule has 3 rings (SSSR count). The van der Waals surface area contributed by atoms with Gasteiger partial charge in [0, 0.05) is 17.5 Å². The molecule has 0 radical (unpaired) electrons. The monoisotopic (exact) mass is 417 g/mol. The number of carbonyl (C=O) groups is 2. The van der Waals surface area contributed by atoms with Gasteiger partial charge in [-0.3, -0.25) is 4.79 Å². The molecular weight excluding hydrogens is 398 g/mol. The third kappa shape index (κ3) is 5.89. The smallest absolute Gasteiger partial charge is 0.331 e. The van der Waals surface area contributed by atoms with E-state index in [4.69, 9.17) is 30.5 Å². The summed E-state index contributed by atoms with van der Waals surface area (Å²) in [6.45, 7) is 0.742. The molecule has 2 aromatic rings. The summed E-state index contributed by atoms with van der Waals surface area (Å²) in [7, 11) is 1.48. The van der Waals surface area contributed by atoms with Crippen LogP contribution < -0.4 is 19.5 Å². The number of fused-ring (bicyclic) bond motifs is 1. The van der Waals surface area contributed by atoms with Crippen molar-refractivity contribution in [3.05, 3.63) is 53.1 Å². The maximum atomic E-state index is 12.0. The molecular formula is C21H20ClNO6. The van der Waals surface area contributed by atoms with Crippen molar-refractivity contribution in [1.29, 1.82) is 0 Å². The standard InChI is InChI=1S/C21H20ClNO6/c1-26-17-7-5-15(22)12-16(17)23-20(24)13-29-21(25)8-4-14-3-6-18-19(11-14)28-10-2-9-27-18/h3-8,11-12H,2,9-10,13H2,1H3,(H,23,24)/b8-4+. The Morgan fingerprint density at radius 2 is 1.93 bits per heavy atom. The van der Waals surface area contributed by atoms with Crippen LogP contribution in [0.15, 0.2) is 42.5 Å². The SMILES string of the molecule is COc1ccc(Cl)cc1NC(=O)COC(=O)/C=C/c1ccc2c(c1)OCCCO2. The zero-order chi connectivity index (χ0) is 20.6. The Kier molecular flexibility index (Phi) is 6.97. The topological polar surface area (TPSA) is 83.1 Å². The van der Waals surface area contributed by atoms with Gasteiger partial charge in [0.1, 0.15) is 5.75 Å². The maximum absolute atomic E-state index is 12.0. The molecule has 0 saturated heterocycles. The number of esters is 1. The van der Waals surface area contributed by atoms with Crippen molar-refractivity contribution in [3.8, 4) is 17.2 Å². The Labute approximate surface area is 173 Å². The molecule has 0 aliphatic carbocycles. The summed E-state index contributed by atoms with van der Waals surface area (Å²) in [5, 5.41) is 3.03. The van der Waals surface area contributed by atoms with Gasteiger partial charge in [-0.25, -0.2) is 4.79 Å². The zero-order valence-corrected chi connectivity index (χ0v) is 16.5. The van der Waals surface area contributed by atoms with Gasteiger partial charge in [0.2, 0.25) is 0 Å². The van der Waals surface area contributed by atoms with E-state index in [9.17, 15) is 9.59 Å². The molecule has 1 aliphatic heterocycles. The summed E-state index contributed by atoms with van der Waals surface area (Å²) >= 11 is 5.92. The average Bonchev–Trinajstić information content (AvgIpc) is 2.96. The number of carbonyl (C=O) groups excluding carboxylic acids is 2. The lowest BCUT2D eigenvalue weighted by Gasteiger charge is -2.10. The van der Waals surface area contributed by atoms with E-state index in [1.54, 1.807) is 42.5 Å². The van der Waals surface area contributed by atoms with E-state index in [1.165, 1.54) is 13.2 Å². The van der Waals surface area contributed by atoms with Crippen LogP contribution in [0.5, 0.6) is 17.2 Å². The minimum absolute atomic E-state index is 0.392. The number of rotatable bonds is 6.